The van der Waals surface area contributed by atoms with Gasteiger partial charge in [0.1, 0.15) is 0 Å². The molecule has 2 aromatic rings. The number of benzene rings is 2. The third-order valence-electron chi connectivity index (χ3n) is 4.68. The van der Waals surface area contributed by atoms with Crippen LogP contribution < -0.4 is 0 Å². The Kier molecular flexibility index (Phi) is 4.31. The first-order valence-corrected chi connectivity index (χ1v) is 15.8. The molecule has 0 aliphatic heterocycles. The topological polar surface area (TPSA) is 0 Å². The molecule has 4 aliphatic rings. The molecule has 4 bridgehead atoms. The van der Waals surface area contributed by atoms with Crippen molar-refractivity contribution in [2.45, 2.75) is 39.3 Å². The molecule has 6 rings (SSSR count). The molecule has 0 unspecified atom stereocenters. The van der Waals surface area contributed by atoms with Gasteiger partial charge in [-0.05, 0) is 22.3 Å². The maximum absolute atomic E-state index is 2.43. The quantitative estimate of drug-likeness (QED) is 0.521. The van der Waals surface area contributed by atoms with Crippen molar-refractivity contribution in [3.8, 4) is 0 Å². The van der Waals surface area contributed by atoms with Crippen LogP contribution in [0.15, 0.2) is 48.5 Å². The summed E-state index contributed by atoms with van der Waals surface area (Å²) in [5.74, 6) is 0. The molecule has 0 fully saturated rings. The number of rotatable bonds is 2. The van der Waals surface area contributed by atoms with Crippen LogP contribution in [-0.4, -0.2) is 16.1 Å². The van der Waals surface area contributed by atoms with Gasteiger partial charge in [0.25, 0.3) is 0 Å². The molecular weight excluding hydrogens is 320 g/mol. The van der Waals surface area contributed by atoms with Crippen LogP contribution in [0.4, 0.5) is 0 Å². The van der Waals surface area contributed by atoms with Crippen LogP contribution in [0.25, 0.3) is 22.5 Å². The van der Waals surface area contributed by atoms with E-state index in [9.17, 15) is 0 Å². The molecular formula is C22H28Si2. The third kappa shape index (κ3) is 3.55. The smallest absolute Gasteiger partial charge is 0.0656 e. The lowest BCUT2D eigenvalue weighted by molar-refractivity contribution is 1.56. The van der Waals surface area contributed by atoms with Crippen molar-refractivity contribution in [2.75, 3.05) is 0 Å². The van der Waals surface area contributed by atoms with Crippen molar-refractivity contribution < 1.29 is 0 Å². The standard InChI is InChI=1S/C22H28Si2/c1-23(2,3)21-15-17-9-13-20(14-10-17)22(24(4,5)6)16-18-7-11-19(21)12-8-18/h7-16H,1-6H3/b17-15?,18-16?,21-15+,21-19?,22-16+,22-20?. The molecule has 0 aromatic heterocycles. The Labute approximate surface area is 149 Å². The van der Waals surface area contributed by atoms with E-state index in [0.717, 1.165) is 0 Å². The summed E-state index contributed by atoms with van der Waals surface area (Å²) in [4.78, 5) is 0. The van der Waals surface area contributed by atoms with E-state index in [4.69, 9.17) is 0 Å². The molecule has 0 atom stereocenters. The van der Waals surface area contributed by atoms with Crippen molar-refractivity contribution in [3.63, 3.8) is 0 Å². The maximum Gasteiger partial charge on any atom is 0.0784 e. The van der Waals surface area contributed by atoms with Gasteiger partial charge in [0.05, 0.1) is 16.1 Å². The van der Waals surface area contributed by atoms with Crippen LogP contribution in [0.2, 0.25) is 39.3 Å². The molecule has 0 heterocycles. The second-order valence-electron chi connectivity index (χ2n) is 8.86. The zero-order valence-electron chi connectivity index (χ0n) is 15.8. The molecule has 2 aromatic carbocycles. The first kappa shape index (κ1) is 17.2. The highest BCUT2D eigenvalue weighted by Gasteiger charge is 2.23. The zero-order chi connectivity index (χ0) is 17.5. The van der Waals surface area contributed by atoms with Gasteiger partial charge in [-0.15, -0.1) is 0 Å². The van der Waals surface area contributed by atoms with Gasteiger partial charge in [0.15, 0.2) is 0 Å². The van der Waals surface area contributed by atoms with Crippen LogP contribution in [0.3, 0.4) is 0 Å². The van der Waals surface area contributed by atoms with Gasteiger partial charge in [0.2, 0.25) is 0 Å². The van der Waals surface area contributed by atoms with E-state index in [-0.39, 0.29) is 0 Å². The van der Waals surface area contributed by atoms with Crippen LogP contribution in [0.1, 0.15) is 22.3 Å². The van der Waals surface area contributed by atoms with Crippen molar-refractivity contribution in [2.24, 2.45) is 0 Å². The Balaban J connectivity index is 2.28. The lowest BCUT2D eigenvalue weighted by atomic mass is 10.0. The summed E-state index contributed by atoms with van der Waals surface area (Å²) in [6.45, 7) is 14.6. The molecule has 0 spiro atoms. The van der Waals surface area contributed by atoms with Crippen LogP contribution in [0, 0.1) is 0 Å². The van der Waals surface area contributed by atoms with Crippen molar-refractivity contribution in [3.05, 3.63) is 70.8 Å². The van der Waals surface area contributed by atoms with E-state index in [0.29, 0.717) is 0 Å². The van der Waals surface area contributed by atoms with Gasteiger partial charge in [-0.25, -0.2) is 0 Å². The van der Waals surface area contributed by atoms with E-state index >= 15 is 0 Å². The Morgan fingerprint density at radius 3 is 1.00 bits per heavy atom. The minimum atomic E-state index is -1.41. The Bertz CT molecular complexity index is 722. The van der Waals surface area contributed by atoms with E-state index < -0.39 is 16.1 Å². The predicted molar refractivity (Wildman–Crippen MR) is 115 cm³/mol. The van der Waals surface area contributed by atoms with Gasteiger partial charge in [-0.3, -0.25) is 0 Å². The first-order chi connectivity index (χ1) is 11.1. The van der Waals surface area contributed by atoms with Gasteiger partial charge in [-0.2, -0.15) is 0 Å². The SMILES string of the molecule is C[Si](C)(C)/C1=C/c2ccc(cc2)/C([Si](C)(C)C)=C\c2ccc1cc2. The second-order valence-corrected chi connectivity index (χ2v) is 18.9. The predicted octanol–water partition coefficient (Wildman–Crippen LogP) is 6.84. The lowest BCUT2D eigenvalue weighted by Gasteiger charge is -2.24. The molecule has 0 saturated carbocycles. The highest BCUT2D eigenvalue weighted by atomic mass is 28.3. The lowest BCUT2D eigenvalue weighted by Crippen LogP contribution is -2.23. The largest absolute Gasteiger partial charge is 0.0784 e. The monoisotopic (exact) mass is 348 g/mol. The van der Waals surface area contributed by atoms with E-state index in [1.165, 1.54) is 32.6 Å². The van der Waals surface area contributed by atoms with E-state index in [2.05, 4.69) is 100.0 Å². The molecule has 0 nitrogen and oxygen atoms in total. The summed E-state index contributed by atoms with van der Waals surface area (Å²) >= 11 is 0. The fourth-order valence-electron chi connectivity index (χ4n) is 3.32. The normalized spacial score (nSPS) is 19.1. The molecule has 0 amide bonds. The second kappa shape index (κ2) is 6.01. The summed E-state index contributed by atoms with van der Waals surface area (Å²) in [6, 6.07) is 18.4. The molecule has 0 N–H and O–H groups in total. The molecule has 0 radical (unpaired) electrons. The molecule has 0 saturated heterocycles. The van der Waals surface area contributed by atoms with Gasteiger partial charge in [0, 0.05) is 0 Å². The average molecular weight is 349 g/mol. The highest BCUT2D eigenvalue weighted by Crippen LogP contribution is 2.33. The number of hydrogen-bond acceptors (Lipinski definition) is 0. The molecule has 4 aliphatic carbocycles. The Morgan fingerprint density at radius 1 is 0.458 bits per heavy atom. The fourth-order valence-corrected chi connectivity index (χ4v) is 6.58. The average Bonchev–Trinajstić information content (AvgIpc) is 2.47. The van der Waals surface area contributed by atoms with E-state index in [1.54, 1.807) is 0 Å². The van der Waals surface area contributed by atoms with Crippen LogP contribution in [-0.2, 0) is 0 Å². The molecule has 124 valence electrons. The van der Waals surface area contributed by atoms with Gasteiger partial charge in [-0.1, -0.05) is 110 Å². The summed E-state index contributed by atoms with van der Waals surface area (Å²) in [5, 5.41) is 3.05. The minimum Gasteiger partial charge on any atom is -0.0656 e. The van der Waals surface area contributed by atoms with Crippen LogP contribution in [0.5, 0.6) is 0 Å². The highest BCUT2D eigenvalue weighted by molar-refractivity contribution is 6.95. The Morgan fingerprint density at radius 2 is 0.750 bits per heavy atom. The summed E-state index contributed by atoms with van der Waals surface area (Å²) in [7, 11) is -2.83. The third-order valence-corrected chi connectivity index (χ3v) is 8.78. The molecule has 24 heavy (non-hydrogen) atoms. The van der Waals surface area contributed by atoms with E-state index in [1.807, 2.05) is 0 Å². The zero-order valence-corrected chi connectivity index (χ0v) is 17.8. The van der Waals surface area contributed by atoms with Crippen molar-refractivity contribution >= 4 is 38.7 Å². The fraction of sp³-hybridized carbons (Fsp3) is 0.273. The maximum atomic E-state index is 2.43. The summed E-state index contributed by atoms with van der Waals surface area (Å²) < 4.78 is 0. The van der Waals surface area contributed by atoms with Crippen molar-refractivity contribution in [1.82, 2.24) is 0 Å². The summed E-state index contributed by atoms with van der Waals surface area (Å²) in [6.07, 6.45) is 4.81. The Hall–Kier alpha value is -1.65. The summed E-state index contributed by atoms with van der Waals surface area (Å²) in [5.41, 5.74) is 5.39. The molecule has 2 heteroatoms. The number of hydrogen-bond donors (Lipinski definition) is 0. The minimum absolute atomic E-state index is 1.32. The van der Waals surface area contributed by atoms with Gasteiger partial charge < -0.3 is 0 Å². The van der Waals surface area contributed by atoms with Gasteiger partial charge >= 0.3 is 0 Å². The van der Waals surface area contributed by atoms with Crippen LogP contribution >= 0.6 is 0 Å². The first-order valence-electron chi connectivity index (χ1n) is 8.80. The van der Waals surface area contributed by atoms with Crippen molar-refractivity contribution in [1.29, 1.82) is 0 Å².